The minimum absolute atomic E-state index is 0.350. The van der Waals surface area contributed by atoms with Crippen LogP contribution in [0, 0.1) is 51.8 Å². The maximum Gasteiger partial charge on any atom is 0.0622 e. The van der Waals surface area contributed by atoms with Gasteiger partial charge in [-0.3, -0.25) is 0 Å². The molecule has 4 fully saturated rings. The van der Waals surface area contributed by atoms with Gasteiger partial charge in [-0.1, -0.05) is 41.5 Å². The zero-order valence-electron chi connectivity index (χ0n) is 22.0. The first kappa shape index (κ1) is 24.1. The molecule has 0 bridgehead atoms. The summed E-state index contributed by atoms with van der Waals surface area (Å²) < 4.78 is 6.38. The standard InChI is InChI=1S/C29H52O2/c1-19(13-14-26(2,3)4)22-11-12-23-21-10-9-20-17-27(5,30)15-16-28(20,6)25(21)24(31-8)18-29(22,23)7/h19-25,30H,9-18H2,1-8H3/t19-,20+,21+,22-,23+,24+,25-,27+,28+,29-/m1/s1. The van der Waals surface area contributed by atoms with E-state index in [4.69, 9.17) is 4.74 Å². The molecule has 0 unspecified atom stereocenters. The van der Waals surface area contributed by atoms with Crippen LogP contribution >= 0.6 is 0 Å². The van der Waals surface area contributed by atoms with Gasteiger partial charge in [-0.15, -0.1) is 0 Å². The Labute approximate surface area is 193 Å². The largest absolute Gasteiger partial charge is 0.390 e. The molecule has 4 aliphatic rings. The molecule has 0 aromatic rings. The summed E-state index contributed by atoms with van der Waals surface area (Å²) in [7, 11) is 1.99. The molecular weight excluding hydrogens is 380 g/mol. The molecule has 0 aromatic carbocycles. The van der Waals surface area contributed by atoms with E-state index < -0.39 is 5.60 Å². The second-order valence-corrected chi connectivity index (χ2v) is 14.5. The van der Waals surface area contributed by atoms with Crippen molar-refractivity contribution >= 4 is 0 Å². The van der Waals surface area contributed by atoms with E-state index in [1.54, 1.807) is 0 Å². The zero-order chi connectivity index (χ0) is 22.8. The summed E-state index contributed by atoms with van der Waals surface area (Å²) >= 11 is 0. The van der Waals surface area contributed by atoms with E-state index in [0.29, 0.717) is 34.2 Å². The van der Waals surface area contributed by atoms with Gasteiger partial charge in [-0.2, -0.15) is 0 Å². The van der Waals surface area contributed by atoms with Gasteiger partial charge in [0.25, 0.3) is 0 Å². The average Bonchev–Trinajstić information content (AvgIpc) is 3.02. The number of hydrogen-bond donors (Lipinski definition) is 1. The van der Waals surface area contributed by atoms with Crippen molar-refractivity contribution in [3.05, 3.63) is 0 Å². The molecule has 2 heteroatoms. The molecule has 0 spiro atoms. The Bertz CT molecular complexity index is 648. The number of hydrogen-bond acceptors (Lipinski definition) is 2. The highest BCUT2D eigenvalue weighted by Gasteiger charge is 2.64. The lowest BCUT2D eigenvalue weighted by Crippen LogP contribution is -2.60. The monoisotopic (exact) mass is 432 g/mol. The second-order valence-electron chi connectivity index (χ2n) is 14.5. The lowest BCUT2D eigenvalue weighted by Gasteiger charge is -2.64. The van der Waals surface area contributed by atoms with Crippen LogP contribution in [-0.2, 0) is 4.74 Å². The van der Waals surface area contributed by atoms with Gasteiger partial charge < -0.3 is 9.84 Å². The van der Waals surface area contributed by atoms with Gasteiger partial charge in [0.2, 0.25) is 0 Å². The fraction of sp³-hybridized carbons (Fsp3) is 1.00. The first-order valence-electron chi connectivity index (χ1n) is 13.6. The fourth-order valence-electron chi connectivity index (χ4n) is 9.58. The molecule has 0 amide bonds. The first-order valence-corrected chi connectivity index (χ1v) is 13.6. The van der Waals surface area contributed by atoms with E-state index in [9.17, 15) is 5.11 Å². The molecule has 1 N–H and O–H groups in total. The van der Waals surface area contributed by atoms with Crippen LogP contribution in [0.4, 0.5) is 0 Å². The lowest BCUT2D eigenvalue weighted by atomic mass is 9.43. The van der Waals surface area contributed by atoms with E-state index in [1.807, 2.05) is 7.11 Å². The molecule has 0 radical (unpaired) electrons. The van der Waals surface area contributed by atoms with Gasteiger partial charge in [-0.05, 0) is 123 Å². The van der Waals surface area contributed by atoms with Gasteiger partial charge in [-0.25, -0.2) is 0 Å². The topological polar surface area (TPSA) is 29.5 Å². The minimum atomic E-state index is -0.455. The predicted molar refractivity (Wildman–Crippen MR) is 130 cm³/mol. The molecular formula is C29H52O2. The van der Waals surface area contributed by atoms with Crippen LogP contribution in [0.5, 0.6) is 0 Å². The molecule has 2 nitrogen and oxygen atoms in total. The summed E-state index contributed by atoms with van der Waals surface area (Å²) in [4.78, 5) is 0. The van der Waals surface area contributed by atoms with Gasteiger partial charge in [0.05, 0.1) is 11.7 Å². The number of ether oxygens (including phenoxy) is 1. The summed E-state index contributed by atoms with van der Waals surface area (Å²) in [6, 6.07) is 0. The third-order valence-corrected chi connectivity index (χ3v) is 11.3. The molecule has 180 valence electrons. The fourth-order valence-corrected chi connectivity index (χ4v) is 9.58. The Morgan fingerprint density at radius 1 is 0.968 bits per heavy atom. The van der Waals surface area contributed by atoms with Crippen molar-refractivity contribution in [2.45, 2.75) is 124 Å². The third kappa shape index (κ3) is 4.16. The maximum absolute atomic E-state index is 10.8. The molecule has 31 heavy (non-hydrogen) atoms. The van der Waals surface area contributed by atoms with E-state index in [0.717, 1.165) is 36.5 Å². The molecule has 10 atom stereocenters. The van der Waals surface area contributed by atoms with E-state index in [1.165, 1.54) is 51.4 Å². The Morgan fingerprint density at radius 2 is 1.68 bits per heavy atom. The summed E-state index contributed by atoms with van der Waals surface area (Å²) in [5.74, 6) is 4.74. The summed E-state index contributed by atoms with van der Waals surface area (Å²) in [6.45, 7) is 17.1. The van der Waals surface area contributed by atoms with Crippen LogP contribution in [0.1, 0.15) is 113 Å². The molecule has 4 aliphatic carbocycles. The minimum Gasteiger partial charge on any atom is -0.390 e. The Hall–Kier alpha value is -0.0800. The van der Waals surface area contributed by atoms with Crippen LogP contribution in [0.15, 0.2) is 0 Å². The normalized spacial score (nSPS) is 51.0. The van der Waals surface area contributed by atoms with Crippen molar-refractivity contribution in [2.24, 2.45) is 51.8 Å². The van der Waals surface area contributed by atoms with Crippen LogP contribution in [0.2, 0.25) is 0 Å². The number of fused-ring (bicyclic) bond motifs is 5. The van der Waals surface area contributed by atoms with E-state index in [-0.39, 0.29) is 0 Å². The van der Waals surface area contributed by atoms with Crippen LogP contribution in [0.3, 0.4) is 0 Å². The highest BCUT2D eigenvalue weighted by Crippen LogP contribution is 2.69. The maximum atomic E-state index is 10.8. The summed E-state index contributed by atoms with van der Waals surface area (Å²) in [5.41, 5.74) is 0.782. The molecule has 0 aromatic heterocycles. The average molecular weight is 433 g/mol. The summed E-state index contributed by atoms with van der Waals surface area (Å²) in [5, 5.41) is 10.8. The van der Waals surface area contributed by atoms with Crippen molar-refractivity contribution < 1.29 is 9.84 Å². The number of methoxy groups -OCH3 is 1. The third-order valence-electron chi connectivity index (χ3n) is 11.3. The number of rotatable bonds is 4. The van der Waals surface area contributed by atoms with E-state index >= 15 is 0 Å². The lowest BCUT2D eigenvalue weighted by molar-refractivity contribution is -0.197. The van der Waals surface area contributed by atoms with Crippen molar-refractivity contribution in [3.63, 3.8) is 0 Å². The van der Waals surface area contributed by atoms with Crippen molar-refractivity contribution in [1.82, 2.24) is 0 Å². The van der Waals surface area contributed by atoms with Gasteiger partial charge in [0.15, 0.2) is 0 Å². The summed E-state index contributed by atoms with van der Waals surface area (Å²) in [6.07, 6.45) is 13.1. The van der Waals surface area contributed by atoms with Crippen LogP contribution < -0.4 is 0 Å². The SMILES string of the molecule is CO[C@H]1C[C@]2(C)[C@@H]([C@H](C)CCC(C)(C)C)CC[C@H]2[C@@H]2CC[C@H]3C[C@@](C)(O)CC[C@]3(C)[C@H]21. The van der Waals surface area contributed by atoms with Crippen LogP contribution in [0.25, 0.3) is 0 Å². The van der Waals surface area contributed by atoms with Crippen molar-refractivity contribution in [1.29, 1.82) is 0 Å². The zero-order valence-corrected chi connectivity index (χ0v) is 22.0. The smallest absolute Gasteiger partial charge is 0.0622 e. The highest BCUT2D eigenvalue weighted by atomic mass is 16.5. The van der Waals surface area contributed by atoms with Gasteiger partial charge in [0, 0.05) is 7.11 Å². The quantitative estimate of drug-likeness (QED) is 0.499. The molecule has 0 saturated heterocycles. The first-order chi connectivity index (χ1) is 14.3. The van der Waals surface area contributed by atoms with Crippen molar-refractivity contribution in [3.8, 4) is 0 Å². The van der Waals surface area contributed by atoms with Crippen molar-refractivity contribution in [2.75, 3.05) is 7.11 Å². The number of aliphatic hydroxyl groups is 1. The Morgan fingerprint density at radius 3 is 2.32 bits per heavy atom. The predicted octanol–water partition coefficient (Wildman–Crippen LogP) is 7.48. The molecule has 4 saturated carbocycles. The van der Waals surface area contributed by atoms with Crippen LogP contribution in [-0.4, -0.2) is 23.9 Å². The van der Waals surface area contributed by atoms with Gasteiger partial charge >= 0.3 is 0 Å². The van der Waals surface area contributed by atoms with E-state index in [2.05, 4.69) is 48.5 Å². The second kappa shape index (κ2) is 8.00. The molecule has 0 aliphatic heterocycles. The highest BCUT2D eigenvalue weighted by molar-refractivity contribution is 5.13. The Kier molecular flexibility index (Phi) is 6.21. The van der Waals surface area contributed by atoms with Gasteiger partial charge in [0.1, 0.15) is 0 Å². The molecule has 0 heterocycles. The molecule has 4 rings (SSSR count). The Balaban J connectivity index is 1.58.